The number of hydrogen-bond donors (Lipinski definition) is 3. The van der Waals surface area contributed by atoms with E-state index in [-0.39, 0.29) is 5.57 Å². The molecule has 0 fully saturated rings. The van der Waals surface area contributed by atoms with E-state index in [0.717, 1.165) is 0 Å². The Morgan fingerprint density at radius 1 is 1.17 bits per heavy atom. The van der Waals surface area contributed by atoms with Crippen LogP contribution in [0.5, 0.6) is 0 Å². The van der Waals surface area contributed by atoms with Crippen LogP contribution in [0, 0.1) is 5.82 Å². The van der Waals surface area contributed by atoms with Crippen LogP contribution in [0.15, 0.2) is 30.2 Å². The molecule has 2 heterocycles. The van der Waals surface area contributed by atoms with Crippen molar-refractivity contribution in [2.75, 3.05) is 0 Å². The quantitative estimate of drug-likeness (QED) is 0.662. The molecule has 1 aliphatic rings. The average molecular weight is 246 g/mol. The second kappa shape index (κ2) is 3.43. The van der Waals surface area contributed by atoms with Crippen molar-refractivity contribution in [3.05, 3.63) is 41.5 Å². The maximum Gasteiger partial charge on any atom is 0.293 e. The molecule has 0 spiro atoms. The molecule has 0 saturated carbocycles. The fourth-order valence-corrected chi connectivity index (χ4v) is 2.00. The van der Waals surface area contributed by atoms with Crippen molar-refractivity contribution in [1.29, 1.82) is 0 Å². The molecule has 0 radical (unpaired) electrons. The number of nitrogens with one attached hydrogen (secondary N) is 2. The molecular weight excluding hydrogens is 239 g/mol. The molecule has 3 rings (SSSR count). The number of carbonyl (C=O) groups excluding carboxylic acids is 2. The van der Waals surface area contributed by atoms with E-state index < -0.39 is 23.4 Å². The molecule has 1 aromatic heterocycles. The largest absolute Gasteiger partial charge is 0.502 e. The lowest BCUT2D eigenvalue weighted by Crippen LogP contribution is -2.22. The molecule has 1 aliphatic heterocycles. The standard InChI is InChI=1S/C12H7FN2O3/c13-5-1-2-8-6(3-5)7(4-14-8)9-10(16)12(18)15-11(9)17/h1-4,14H,(H2,15,16,17,18). The summed E-state index contributed by atoms with van der Waals surface area (Å²) in [6.45, 7) is 0. The van der Waals surface area contributed by atoms with Gasteiger partial charge in [0.2, 0.25) is 0 Å². The van der Waals surface area contributed by atoms with E-state index in [1.807, 2.05) is 5.32 Å². The molecule has 2 amide bonds. The van der Waals surface area contributed by atoms with Gasteiger partial charge in [0.1, 0.15) is 5.82 Å². The first-order valence-corrected chi connectivity index (χ1v) is 5.14. The Balaban J connectivity index is 2.30. The number of fused-ring (bicyclic) bond motifs is 1. The summed E-state index contributed by atoms with van der Waals surface area (Å²) in [6.07, 6.45) is 1.45. The van der Waals surface area contributed by atoms with Gasteiger partial charge >= 0.3 is 0 Å². The maximum atomic E-state index is 13.2. The van der Waals surface area contributed by atoms with Gasteiger partial charge in [-0.2, -0.15) is 0 Å². The summed E-state index contributed by atoms with van der Waals surface area (Å²) >= 11 is 0. The normalized spacial score (nSPS) is 15.6. The van der Waals surface area contributed by atoms with E-state index in [1.54, 1.807) is 0 Å². The van der Waals surface area contributed by atoms with Crippen LogP contribution >= 0.6 is 0 Å². The highest BCUT2D eigenvalue weighted by Gasteiger charge is 2.32. The van der Waals surface area contributed by atoms with Gasteiger partial charge in [0.05, 0.1) is 5.57 Å². The van der Waals surface area contributed by atoms with Crippen molar-refractivity contribution < 1.29 is 19.1 Å². The van der Waals surface area contributed by atoms with Crippen LogP contribution in [0.4, 0.5) is 4.39 Å². The SMILES string of the molecule is O=C1NC(=O)C(c2c[nH]c3ccc(F)cc23)=C1O. The van der Waals surface area contributed by atoms with Gasteiger partial charge in [-0.15, -0.1) is 0 Å². The van der Waals surface area contributed by atoms with Gasteiger partial charge < -0.3 is 10.1 Å². The molecule has 5 nitrogen and oxygen atoms in total. The molecule has 6 heteroatoms. The number of aliphatic hydroxyl groups excluding tert-OH is 1. The second-order valence-corrected chi connectivity index (χ2v) is 3.90. The van der Waals surface area contributed by atoms with E-state index in [4.69, 9.17) is 0 Å². The number of halogens is 1. The summed E-state index contributed by atoms with van der Waals surface area (Å²) in [5.41, 5.74) is 0.765. The zero-order valence-electron chi connectivity index (χ0n) is 8.95. The maximum absolute atomic E-state index is 13.2. The third-order valence-corrected chi connectivity index (χ3v) is 2.82. The lowest BCUT2D eigenvalue weighted by Gasteiger charge is -1.98. The van der Waals surface area contributed by atoms with Crippen molar-refractivity contribution in [3.63, 3.8) is 0 Å². The lowest BCUT2D eigenvalue weighted by atomic mass is 10.0. The lowest BCUT2D eigenvalue weighted by molar-refractivity contribution is -0.124. The number of benzene rings is 1. The molecule has 0 aliphatic carbocycles. The molecule has 90 valence electrons. The Labute approximate surface area is 99.9 Å². The van der Waals surface area contributed by atoms with E-state index in [9.17, 15) is 19.1 Å². The Morgan fingerprint density at radius 3 is 2.61 bits per heavy atom. The Bertz CT molecular complexity index is 730. The highest BCUT2D eigenvalue weighted by atomic mass is 19.1. The molecule has 18 heavy (non-hydrogen) atoms. The Morgan fingerprint density at radius 2 is 1.94 bits per heavy atom. The molecule has 0 unspecified atom stereocenters. The van der Waals surface area contributed by atoms with Crippen molar-refractivity contribution in [2.45, 2.75) is 0 Å². The minimum absolute atomic E-state index is 0.142. The van der Waals surface area contributed by atoms with Crippen molar-refractivity contribution in [3.8, 4) is 0 Å². The number of hydrogen-bond acceptors (Lipinski definition) is 3. The Kier molecular flexibility index (Phi) is 2.00. The summed E-state index contributed by atoms with van der Waals surface area (Å²) < 4.78 is 13.2. The summed E-state index contributed by atoms with van der Waals surface area (Å²) in [5.74, 6) is -2.65. The fourth-order valence-electron chi connectivity index (χ4n) is 2.00. The first-order valence-electron chi connectivity index (χ1n) is 5.14. The summed E-state index contributed by atoms with van der Waals surface area (Å²) in [5, 5.41) is 12.0. The van der Waals surface area contributed by atoms with Crippen LogP contribution in [0.1, 0.15) is 5.56 Å². The second-order valence-electron chi connectivity index (χ2n) is 3.90. The topological polar surface area (TPSA) is 82.2 Å². The highest BCUT2D eigenvalue weighted by molar-refractivity contribution is 6.36. The van der Waals surface area contributed by atoms with Crippen molar-refractivity contribution in [2.24, 2.45) is 0 Å². The van der Waals surface area contributed by atoms with Gasteiger partial charge in [-0.05, 0) is 18.2 Å². The first kappa shape index (κ1) is 10.5. The summed E-state index contributed by atoms with van der Waals surface area (Å²) in [7, 11) is 0. The van der Waals surface area contributed by atoms with Crippen LogP contribution in [-0.4, -0.2) is 21.9 Å². The van der Waals surface area contributed by atoms with Gasteiger partial charge in [0.25, 0.3) is 11.8 Å². The number of aliphatic hydroxyl groups is 1. The van der Waals surface area contributed by atoms with Crippen LogP contribution < -0.4 is 5.32 Å². The molecule has 3 N–H and O–H groups in total. The summed E-state index contributed by atoms with van der Waals surface area (Å²) in [6, 6.07) is 4.02. The average Bonchev–Trinajstić information content (AvgIpc) is 2.82. The van der Waals surface area contributed by atoms with Crippen LogP contribution in [0.25, 0.3) is 16.5 Å². The van der Waals surface area contributed by atoms with Gasteiger partial charge in [-0.25, -0.2) is 4.39 Å². The zero-order valence-corrected chi connectivity index (χ0v) is 8.95. The number of H-pyrrole nitrogens is 1. The fraction of sp³-hybridized carbons (Fsp3) is 0. The number of amides is 2. The predicted octanol–water partition coefficient (Wildman–Crippen LogP) is 1.23. The Hall–Kier alpha value is -2.63. The molecule has 0 saturated heterocycles. The number of aromatic nitrogens is 1. The monoisotopic (exact) mass is 246 g/mol. The molecule has 1 aromatic carbocycles. The number of aromatic amines is 1. The molecule has 0 bridgehead atoms. The van der Waals surface area contributed by atoms with Crippen LogP contribution in [-0.2, 0) is 9.59 Å². The van der Waals surface area contributed by atoms with Crippen LogP contribution in [0.2, 0.25) is 0 Å². The number of carbonyl (C=O) groups is 2. The predicted molar refractivity (Wildman–Crippen MR) is 61.0 cm³/mol. The van der Waals surface area contributed by atoms with E-state index in [1.165, 1.54) is 24.4 Å². The summed E-state index contributed by atoms with van der Waals surface area (Å²) in [4.78, 5) is 25.6. The number of imide groups is 1. The first-order chi connectivity index (χ1) is 8.58. The van der Waals surface area contributed by atoms with Gasteiger partial charge in [0.15, 0.2) is 5.76 Å². The van der Waals surface area contributed by atoms with Crippen LogP contribution in [0.3, 0.4) is 0 Å². The smallest absolute Gasteiger partial charge is 0.293 e. The van der Waals surface area contributed by atoms with E-state index >= 15 is 0 Å². The zero-order chi connectivity index (χ0) is 12.9. The van der Waals surface area contributed by atoms with Gasteiger partial charge in [0, 0.05) is 22.7 Å². The third-order valence-electron chi connectivity index (χ3n) is 2.82. The molecule has 0 atom stereocenters. The van der Waals surface area contributed by atoms with Crippen molar-refractivity contribution >= 4 is 28.3 Å². The van der Waals surface area contributed by atoms with Gasteiger partial charge in [-0.1, -0.05) is 0 Å². The molecule has 2 aromatic rings. The molecular formula is C12H7FN2O3. The third kappa shape index (κ3) is 1.32. The van der Waals surface area contributed by atoms with E-state index in [2.05, 4.69) is 4.98 Å². The van der Waals surface area contributed by atoms with E-state index in [0.29, 0.717) is 16.5 Å². The number of rotatable bonds is 1. The minimum Gasteiger partial charge on any atom is -0.502 e. The minimum atomic E-state index is -0.847. The highest BCUT2D eigenvalue weighted by Crippen LogP contribution is 2.29. The van der Waals surface area contributed by atoms with Gasteiger partial charge in [-0.3, -0.25) is 14.9 Å². The van der Waals surface area contributed by atoms with Crippen molar-refractivity contribution in [1.82, 2.24) is 10.3 Å².